The van der Waals surface area contributed by atoms with Crippen molar-refractivity contribution in [2.45, 2.75) is 38.6 Å². The summed E-state index contributed by atoms with van der Waals surface area (Å²) in [5.41, 5.74) is 5.00. The summed E-state index contributed by atoms with van der Waals surface area (Å²) >= 11 is 3.52. The number of aryl methyl sites for hydroxylation is 1. The molecule has 1 aliphatic heterocycles. The Morgan fingerprint density at radius 2 is 1.86 bits per heavy atom. The van der Waals surface area contributed by atoms with Gasteiger partial charge in [-0.05, 0) is 36.6 Å². The fraction of sp³-hybridized carbons (Fsp3) is 0.250. The van der Waals surface area contributed by atoms with E-state index >= 15 is 0 Å². The molecule has 1 aromatic heterocycles. The third kappa shape index (κ3) is 3.23. The number of hydrogen-bond donors (Lipinski definition) is 0. The summed E-state index contributed by atoms with van der Waals surface area (Å²) in [6, 6.07) is 18.5. The van der Waals surface area contributed by atoms with Crippen molar-refractivity contribution in [2.75, 3.05) is 0 Å². The number of halogens is 1. The maximum atomic E-state index is 12.9. The van der Waals surface area contributed by atoms with Crippen LogP contribution < -0.4 is 4.74 Å². The fourth-order valence-electron chi connectivity index (χ4n) is 4.39. The van der Waals surface area contributed by atoms with Crippen LogP contribution >= 0.6 is 15.9 Å². The van der Waals surface area contributed by atoms with Crippen molar-refractivity contribution in [1.29, 1.82) is 0 Å². The number of hydrogen-bond acceptors (Lipinski definition) is 3. The lowest BCUT2D eigenvalue weighted by Crippen LogP contribution is -2.26. The van der Waals surface area contributed by atoms with E-state index in [2.05, 4.69) is 40.2 Å². The lowest BCUT2D eigenvalue weighted by atomic mass is 9.77. The summed E-state index contributed by atoms with van der Waals surface area (Å²) in [7, 11) is 0. The summed E-state index contributed by atoms with van der Waals surface area (Å²) in [6.45, 7) is 2.65. The van der Waals surface area contributed by atoms with Crippen molar-refractivity contribution in [2.24, 2.45) is 0 Å². The number of aromatic nitrogens is 2. The predicted molar refractivity (Wildman–Crippen MR) is 115 cm³/mol. The Hall–Kier alpha value is -2.66. The molecule has 0 amide bonds. The van der Waals surface area contributed by atoms with Gasteiger partial charge in [0.25, 0.3) is 0 Å². The molecule has 1 unspecified atom stereocenters. The van der Waals surface area contributed by atoms with Gasteiger partial charge in [-0.25, -0.2) is 4.68 Å². The van der Waals surface area contributed by atoms with E-state index in [9.17, 15) is 4.79 Å². The second kappa shape index (κ2) is 7.30. The predicted octanol–water partition coefficient (Wildman–Crippen LogP) is 5.53. The number of Topliss-reactive ketones (excluding diaryl/α,β-unsaturated/α-hetero) is 1. The molecule has 0 saturated carbocycles. The zero-order valence-corrected chi connectivity index (χ0v) is 17.8. The molecule has 29 heavy (non-hydrogen) atoms. The van der Waals surface area contributed by atoms with Crippen LogP contribution in [0.4, 0.5) is 0 Å². The largest absolute Gasteiger partial charge is 0.443 e. The van der Waals surface area contributed by atoms with E-state index in [1.54, 1.807) is 0 Å². The van der Waals surface area contributed by atoms with E-state index < -0.39 is 0 Å². The monoisotopic (exact) mass is 448 g/mol. The van der Waals surface area contributed by atoms with Gasteiger partial charge in [-0.15, -0.1) is 0 Å². The molecule has 2 aliphatic rings. The molecular formula is C24H21BrN2O2. The van der Waals surface area contributed by atoms with Gasteiger partial charge >= 0.3 is 0 Å². The van der Waals surface area contributed by atoms with Crippen molar-refractivity contribution in [1.82, 2.24) is 9.78 Å². The Bertz CT molecular complexity index is 1110. The molecule has 1 atom stereocenters. The SMILES string of the molecule is Cc1nn(Cc2ccccc2)c2c1C(c1ccc(Br)cc1)C1=C(CCCC1=O)O2. The Morgan fingerprint density at radius 3 is 2.62 bits per heavy atom. The summed E-state index contributed by atoms with van der Waals surface area (Å²) in [5, 5.41) is 4.81. The number of fused-ring (bicyclic) bond motifs is 1. The number of nitrogens with zero attached hydrogens (tertiary/aromatic N) is 2. The highest BCUT2D eigenvalue weighted by molar-refractivity contribution is 9.10. The van der Waals surface area contributed by atoms with Crippen LogP contribution in [-0.2, 0) is 11.3 Å². The lowest BCUT2D eigenvalue weighted by molar-refractivity contribution is -0.116. The maximum Gasteiger partial charge on any atom is 0.222 e. The summed E-state index contributed by atoms with van der Waals surface area (Å²) < 4.78 is 9.32. The minimum absolute atomic E-state index is 0.126. The molecule has 0 radical (unpaired) electrons. The van der Waals surface area contributed by atoms with E-state index in [0.29, 0.717) is 13.0 Å². The van der Waals surface area contributed by atoms with Gasteiger partial charge < -0.3 is 4.74 Å². The summed E-state index contributed by atoms with van der Waals surface area (Å²) in [5.74, 6) is 1.66. The molecule has 3 aromatic rings. The number of carbonyl (C=O) groups is 1. The first-order valence-electron chi connectivity index (χ1n) is 9.92. The fourth-order valence-corrected chi connectivity index (χ4v) is 4.65. The Morgan fingerprint density at radius 1 is 1.10 bits per heavy atom. The van der Waals surface area contributed by atoms with Gasteiger partial charge in [-0.2, -0.15) is 5.10 Å². The summed E-state index contributed by atoms with van der Waals surface area (Å²) in [4.78, 5) is 12.9. The van der Waals surface area contributed by atoms with Crippen molar-refractivity contribution in [3.8, 4) is 5.88 Å². The Labute approximate surface area is 178 Å². The molecule has 0 spiro atoms. The van der Waals surface area contributed by atoms with Crippen LogP contribution in [0.15, 0.2) is 70.4 Å². The van der Waals surface area contributed by atoms with Crippen molar-refractivity contribution < 1.29 is 9.53 Å². The van der Waals surface area contributed by atoms with Crippen LogP contribution in [0.1, 0.15) is 47.6 Å². The number of benzene rings is 2. The van der Waals surface area contributed by atoms with Gasteiger partial charge in [-0.3, -0.25) is 4.79 Å². The minimum Gasteiger partial charge on any atom is -0.443 e. The highest BCUT2D eigenvalue weighted by Gasteiger charge is 2.40. The molecule has 0 fully saturated rings. The third-order valence-electron chi connectivity index (χ3n) is 5.71. The minimum atomic E-state index is -0.126. The maximum absolute atomic E-state index is 12.9. The van der Waals surface area contributed by atoms with Gasteiger partial charge in [0.15, 0.2) is 5.78 Å². The van der Waals surface area contributed by atoms with E-state index in [-0.39, 0.29) is 11.7 Å². The average molecular weight is 449 g/mol. The van der Waals surface area contributed by atoms with Crippen LogP contribution in [0.2, 0.25) is 0 Å². The molecule has 5 rings (SSSR count). The molecule has 2 heterocycles. The van der Waals surface area contributed by atoms with Crippen LogP contribution in [0.3, 0.4) is 0 Å². The van der Waals surface area contributed by atoms with Gasteiger partial charge in [0.1, 0.15) is 5.76 Å². The standard InChI is InChI=1S/C24H21BrN2O2/c1-15-21-22(17-10-12-18(25)13-11-17)23-19(28)8-5-9-20(23)29-24(21)27(26-15)14-16-6-3-2-4-7-16/h2-4,6-7,10-13,22H,5,8-9,14H2,1H3. The number of carbonyl (C=O) groups excluding carboxylic acids is 1. The van der Waals surface area contributed by atoms with E-state index in [0.717, 1.165) is 51.3 Å². The number of rotatable bonds is 3. The molecule has 0 N–H and O–H groups in total. The van der Waals surface area contributed by atoms with E-state index in [4.69, 9.17) is 9.84 Å². The third-order valence-corrected chi connectivity index (χ3v) is 6.24. The van der Waals surface area contributed by atoms with Crippen LogP contribution in [0, 0.1) is 6.92 Å². The molecule has 1 aliphatic carbocycles. The van der Waals surface area contributed by atoms with Gasteiger partial charge in [0.2, 0.25) is 5.88 Å². The van der Waals surface area contributed by atoms with Crippen molar-refractivity contribution >= 4 is 21.7 Å². The zero-order valence-electron chi connectivity index (χ0n) is 16.2. The average Bonchev–Trinajstić information content (AvgIpc) is 3.03. The summed E-state index contributed by atoms with van der Waals surface area (Å²) in [6.07, 6.45) is 2.22. The van der Waals surface area contributed by atoms with Gasteiger partial charge in [0.05, 0.1) is 12.2 Å². The van der Waals surface area contributed by atoms with Crippen LogP contribution in [0.5, 0.6) is 5.88 Å². The molecule has 0 bridgehead atoms. The number of ketones is 1. The van der Waals surface area contributed by atoms with Crippen LogP contribution in [0.25, 0.3) is 0 Å². The Kier molecular flexibility index (Phi) is 4.63. The van der Waals surface area contributed by atoms with Crippen molar-refractivity contribution in [3.63, 3.8) is 0 Å². The highest BCUT2D eigenvalue weighted by Crippen LogP contribution is 2.48. The topological polar surface area (TPSA) is 44.1 Å². The smallest absolute Gasteiger partial charge is 0.222 e. The normalized spacial score (nSPS) is 18.3. The van der Waals surface area contributed by atoms with E-state index in [1.807, 2.05) is 41.9 Å². The molecule has 146 valence electrons. The lowest BCUT2D eigenvalue weighted by Gasteiger charge is -2.31. The first-order valence-corrected chi connectivity index (χ1v) is 10.7. The first kappa shape index (κ1) is 18.4. The van der Waals surface area contributed by atoms with E-state index in [1.165, 1.54) is 5.56 Å². The molecule has 2 aromatic carbocycles. The van der Waals surface area contributed by atoms with Crippen LogP contribution in [-0.4, -0.2) is 15.6 Å². The molecule has 5 heteroatoms. The van der Waals surface area contributed by atoms with Crippen molar-refractivity contribution in [3.05, 3.63) is 92.8 Å². The second-order valence-corrected chi connectivity index (χ2v) is 8.56. The quantitative estimate of drug-likeness (QED) is 0.528. The number of ether oxygens (including phenoxy) is 1. The molecular weight excluding hydrogens is 428 g/mol. The van der Waals surface area contributed by atoms with Gasteiger partial charge in [0, 0.05) is 34.4 Å². The molecule has 0 saturated heterocycles. The zero-order chi connectivity index (χ0) is 20.0. The molecule has 4 nitrogen and oxygen atoms in total. The second-order valence-electron chi connectivity index (χ2n) is 7.65. The highest BCUT2D eigenvalue weighted by atomic mass is 79.9. The number of allylic oxidation sites excluding steroid dienone is 2. The van der Waals surface area contributed by atoms with Gasteiger partial charge in [-0.1, -0.05) is 58.4 Å². The first-order chi connectivity index (χ1) is 14.1. The Balaban J connectivity index is 1.66.